The average Bonchev–Trinajstić information content (AvgIpc) is 2.42. The molecule has 0 bridgehead atoms. The summed E-state index contributed by atoms with van der Waals surface area (Å²) in [4.78, 5) is 0. The van der Waals surface area contributed by atoms with Crippen LogP contribution in [-0.4, -0.2) is 18.8 Å². The molecule has 106 valence electrons. The Morgan fingerprint density at radius 1 is 1.26 bits per heavy atom. The molecular formula is C16H24O3. The number of rotatable bonds is 9. The quantitative estimate of drug-likeness (QED) is 0.543. The summed E-state index contributed by atoms with van der Waals surface area (Å²) in [5.41, 5.74) is 0.829. The largest absolute Gasteiger partial charge is 0.493 e. The number of allylic oxidation sites excluding steroid dienone is 1. The molecule has 1 atom stereocenters. The number of ether oxygens (including phenoxy) is 2. The Morgan fingerprint density at radius 3 is 2.68 bits per heavy atom. The number of hydrogen-bond donors (Lipinski definition) is 1. The number of aliphatic hydroxyl groups is 1. The Hall–Kier alpha value is -1.48. The Morgan fingerprint density at radius 2 is 2.05 bits per heavy atom. The minimum absolute atomic E-state index is 0.498. The van der Waals surface area contributed by atoms with Gasteiger partial charge in [-0.05, 0) is 50.3 Å². The van der Waals surface area contributed by atoms with Crippen LogP contribution in [0.15, 0.2) is 30.9 Å². The first kappa shape index (κ1) is 15.6. The fourth-order valence-electron chi connectivity index (χ4n) is 1.81. The molecule has 0 unspecified atom stereocenters. The summed E-state index contributed by atoms with van der Waals surface area (Å²) in [6.45, 7) is 6.12. The van der Waals surface area contributed by atoms with E-state index in [1.54, 1.807) is 14.0 Å². The van der Waals surface area contributed by atoms with Crippen LogP contribution >= 0.6 is 0 Å². The van der Waals surface area contributed by atoms with E-state index in [9.17, 15) is 5.11 Å². The van der Waals surface area contributed by atoms with Crippen molar-refractivity contribution in [3.63, 3.8) is 0 Å². The zero-order valence-corrected chi connectivity index (χ0v) is 11.9. The first-order chi connectivity index (χ1) is 9.19. The second-order valence-electron chi connectivity index (χ2n) is 4.57. The van der Waals surface area contributed by atoms with E-state index in [0.29, 0.717) is 12.4 Å². The van der Waals surface area contributed by atoms with Gasteiger partial charge in [-0.1, -0.05) is 12.1 Å². The Kier molecular flexibility index (Phi) is 7.04. The van der Waals surface area contributed by atoms with E-state index in [4.69, 9.17) is 9.47 Å². The lowest BCUT2D eigenvalue weighted by molar-refractivity contribution is 0.198. The summed E-state index contributed by atoms with van der Waals surface area (Å²) in [5.74, 6) is 1.40. The second kappa shape index (κ2) is 8.59. The van der Waals surface area contributed by atoms with Gasteiger partial charge in [0, 0.05) is 0 Å². The van der Waals surface area contributed by atoms with Crippen LogP contribution in [0.4, 0.5) is 0 Å². The first-order valence-electron chi connectivity index (χ1n) is 6.78. The first-order valence-corrected chi connectivity index (χ1v) is 6.78. The molecule has 3 heteroatoms. The third-order valence-corrected chi connectivity index (χ3v) is 2.98. The molecule has 0 radical (unpaired) electrons. The summed E-state index contributed by atoms with van der Waals surface area (Å²) < 4.78 is 11.0. The van der Waals surface area contributed by atoms with E-state index in [1.807, 2.05) is 24.3 Å². The summed E-state index contributed by atoms with van der Waals surface area (Å²) in [5, 5.41) is 9.53. The van der Waals surface area contributed by atoms with Gasteiger partial charge in [-0.2, -0.15) is 0 Å². The molecule has 1 aromatic rings. The number of unbranched alkanes of at least 4 members (excludes halogenated alkanes) is 3. The molecule has 3 nitrogen and oxygen atoms in total. The van der Waals surface area contributed by atoms with Crippen molar-refractivity contribution in [2.45, 2.75) is 38.7 Å². The van der Waals surface area contributed by atoms with Crippen LogP contribution in [-0.2, 0) is 0 Å². The van der Waals surface area contributed by atoms with Crippen molar-refractivity contribution in [1.82, 2.24) is 0 Å². The standard InChI is InChI=1S/C16H24O3/c1-4-5-6-7-8-11-19-15-10-9-14(13(2)17)12-16(15)18-3/h4,9-10,12-13,17H,1,5-8,11H2,2-3H3/t13-/m0/s1. The molecule has 1 rings (SSSR count). The highest BCUT2D eigenvalue weighted by molar-refractivity contribution is 5.43. The topological polar surface area (TPSA) is 38.7 Å². The number of hydrogen-bond acceptors (Lipinski definition) is 3. The highest BCUT2D eigenvalue weighted by Gasteiger charge is 2.08. The van der Waals surface area contributed by atoms with E-state index in [-0.39, 0.29) is 0 Å². The van der Waals surface area contributed by atoms with Gasteiger partial charge in [-0.15, -0.1) is 6.58 Å². The Balaban J connectivity index is 2.46. The van der Waals surface area contributed by atoms with Crippen molar-refractivity contribution in [1.29, 1.82) is 0 Å². The van der Waals surface area contributed by atoms with Crippen LogP contribution in [0.5, 0.6) is 11.5 Å². The number of benzene rings is 1. The second-order valence-corrected chi connectivity index (χ2v) is 4.57. The molecule has 1 aromatic carbocycles. The van der Waals surface area contributed by atoms with Crippen molar-refractivity contribution in [2.75, 3.05) is 13.7 Å². The van der Waals surface area contributed by atoms with E-state index >= 15 is 0 Å². The highest BCUT2D eigenvalue weighted by Crippen LogP contribution is 2.30. The van der Waals surface area contributed by atoms with Crippen LogP contribution in [0.3, 0.4) is 0 Å². The van der Waals surface area contributed by atoms with Crippen LogP contribution < -0.4 is 9.47 Å². The van der Waals surface area contributed by atoms with Gasteiger partial charge >= 0.3 is 0 Å². The molecule has 0 aliphatic heterocycles. The predicted octanol–water partition coefficient (Wildman–Crippen LogP) is 3.87. The Labute approximate surface area is 115 Å². The molecule has 0 fully saturated rings. The minimum Gasteiger partial charge on any atom is -0.493 e. The maximum Gasteiger partial charge on any atom is 0.161 e. The molecule has 0 aromatic heterocycles. The lowest BCUT2D eigenvalue weighted by Crippen LogP contribution is -2.00. The monoisotopic (exact) mass is 264 g/mol. The zero-order valence-electron chi connectivity index (χ0n) is 11.9. The summed E-state index contributed by atoms with van der Waals surface area (Å²) >= 11 is 0. The van der Waals surface area contributed by atoms with Gasteiger partial charge in [0.15, 0.2) is 11.5 Å². The normalized spacial score (nSPS) is 11.9. The highest BCUT2D eigenvalue weighted by atomic mass is 16.5. The average molecular weight is 264 g/mol. The van der Waals surface area contributed by atoms with Crippen LogP contribution in [0.25, 0.3) is 0 Å². The molecular weight excluding hydrogens is 240 g/mol. The fraction of sp³-hybridized carbons (Fsp3) is 0.500. The molecule has 0 saturated heterocycles. The van der Waals surface area contributed by atoms with Crippen LogP contribution in [0.2, 0.25) is 0 Å². The predicted molar refractivity (Wildman–Crippen MR) is 77.8 cm³/mol. The molecule has 1 N–H and O–H groups in total. The molecule has 0 heterocycles. The van der Waals surface area contributed by atoms with Gasteiger partial charge in [-0.3, -0.25) is 0 Å². The molecule has 0 spiro atoms. The van der Waals surface area contributed by atoms with Crippen LogP contribution in [0, 0.1) is 0 Å². The number of methoxy groups -OCH3 is 1. The summed E-state index contributed by atoms with van der Waals surface area (Å²) in [7, 11) is 1.61. The van der Waals surface area contributed by atoms with Gasteiger partial charge < -0.3 is 14.6 Å². The summed E-state index contributed by atoms with van der Waals surface area (Å²) in [6.07, 6.45) is 5.83. The van der Waals surface area contributed by atoms with E-state index < -0.39 is 6.10 Å². The maximum atomic E-state index is 9.53. The molecule has 0 aliphatic carbocycles. The van der Waals surface area contributed by atoms with Gasteiger partial charge in [0.2, 0.25) is 0 Å². The SMILES string of the molecule is C=CCCCCCOc1ccc([C@H](C)O)cc1OC. The van der Waals surface area contributed by atoms with E-state index in [2.05, 4.69) is 6.58 Å². The fourth-order valence-corrected chi connectivity index (χ4v) is 1.81. The summed E-state index contributed by atoms with van der Waals surface area (Å²) in [6, 6.07) is 5.53. The van der Waals surface area contributed by atoms with E-state index in [1.165, 1.54) is 0 Å². The number of aliphatic hydroxyl groups excluding tert-OH is 1. The Bertz CT molecular complexity index is 386. The van der Waals surface area contributed by atoms with Gasteiger partial charge in [0.25, 0.3) is 0 Å². The van der Waals surface area contributed by atoms with Crippen LogP contribution in [0.1, 0.15) is 44.3 Å². The smallest absolute Gasteiger partial charge is 0.161 e. The minimum atomic E-state index is -0.498. The lowest BCUT2D eigenvalue weighted by Gasteiger charge is -2.13. The van der Waals surface area contributed by atoms with Crippen molar-refractivity contribution in [3.8, 4) is 11.5 Å². The van der Waals surface area contributed by atoms with Crippen molar-refractivity contribution >= 4 is 0 Å². The third kappa shape index (κ3) is 5.35. The van der Waals surface area contributed by atoms with Crippen molar-refractivity contribution < 1.29 is 14.6 Å². The van der Waals surface area contributed by atoms with E-state index in [0.717, 1.165) is 37.0 Å². The molecule has 0 saturated carbocycles. The van der Waals surface area contributed by atoms with Gasteiger partial charge in [0.05, 0.1) is 19.8 Å². The lowest BCUT2D eigenvalue weighted by atomic mass is 10.1. The maximum absolute atomic E-state index is 9.53. The third-order valence-electron chi connectivity index (χ3n) is 2.98. The molecule has 19 heavy (non-hydrogen) atoms. The zero-order chi connectivity index (χ0) is 14.1. The molecule has 0 aliphatic rings. The van der Waals surface area contributed by atoms with Gasteiger partial charge in [0.1, 0.15) is 0 Å². The van der Waals surface area contributed by atoms with Crippen molar-refractivity contribution in [2.24, 2.45) is 0 Å². The van der Waals surface area contributed by atoms with Crippen molar-refractivity contribution in [3.05, 3.63) is 36.4 Å². The van der Waals surface area contributed by atoms with Gasteiger partial charge in [-0.25, -0.2) is 0 Å². The molecule has 0 amide bonds.